The molecule has 2 aromatic rings. The monoisotopic (exact) mass is 238 g/mol. The van der Waals surface area contributed by atoms with Crippen molar-refractivity contribution in [3.8, 4) is 0 Å². The summed E-state index contributed by atoms with van der Waals surface area (Å²) in [4.78, 5) is 15.0. The summed E-state index contributed by atoms with van der Waals surface area (Å²) in [6.07, 6.45) is 0.499. The van der Waals surface area contributed by atoms with Gasteiger partial charge in [0.1, 0.15) is 5.82 Å². The van der Waals surface area contributed by atoms with Crippen LogP contribution in [0.2, 0.25) is 0 Å². The molecule has 0 atom stereocenters. The highest BCUT2D eigenvalue weighted by atomic mass is 32.2. The van der Waals surface area contributed by atoms with Gasteiger partial charge in [0.25, 0.3) is 5.89 Å². The fourth-order valence-corrected chi connectivity index (χ4v) is 1.79. The summed E-state index contributed by atoms with van der Waals surface area (Å²) in [5.74, 6) is 0.612. The first-order valence-corrected chi connectivity index (χ1v) is 5.42. The van der Waals surface area contributed by atoms with Crippen LogP contribution in [-0.4, -0.2) is 16.4 Å². The minimum absolute atomic E-state index is 0.0327. The van der Waals surface area contributed by atoms with E-state index >= 15 is 0 Å². The van der Waals surface area contributed by atoms with Crippen LogP contribution in [0, 0.1) is 5.82 Å². The average molecular weight is 238 g/mol. The first-order valence-electron chi connectivity index (χ1n) is 4.44. The molecule has 1 heterocycles. The van der Waals surface area contributed by atoms with Crippen LogP contribution in [0.25, 0.3) is 0 Å². The first-order chi connectivity index (χ1) is 7.78. The predicted octanol–water partition coefficient (Wildman–Crippen LogP) is 2.31. The Labute approximate surface area is 94.9 Å². The minimum Gasteiger partial charge on any atom is -0.331 e. The summed E-state index contributed by atoms with van der Waals surface area (Å²) >= 11 is 1.44. The maximum atomic E-state index is 12.6. The fraction of sp³-hybridized carbons (Fsp3) is 0.100. The average Bonchev–Trinajstić information content (AvgIpc) is 2.76. The van der Waals surface area contributed by atoms with Gasteiger partial charge in [0.2, 0.25) is 6.29 Å². The molecule has 0 aliphatic carbocycles. The summed E-state index contributed by atoms with van der Waals surface area (Å²) in [6, 6.07) is 6.10. The molecule has 0 saturated heterocycles. The number of carbonyl (C=O) groups is 1. The second-order valence-corrected chi connectivity index (χ2v) is 3.96. The molecule has 0 bridgehead atoms. The second-order valence-electron chi connectivity index (χ2n) is 2.91. The zero-order valence-electron chi connectivity index (χ0n) is 8.09. The highest BCUT2D eigenvalue weighted by Gasteiger charge is 2.05. The molecular formula is C10H7FN2O2S. The van der Waals surface area contributed by atoms with E-state index in [9.17, 15) is 9.18 Å². The van der Waals surface area contributed by atoms with E-state index in [1.165, 1.54) is 23.9 Å². The summed E-state index contributed by atoms with van der Waals surface area (Å²) < 4.78 is 17.2. The molecule has 0 fully saturated rings. The maximum Gasteiger partial charge on any atom is 0.290 e. The molecule has 82 valence electrons. The van der Waals surface area contributed by atoms with Crippen LogP contribution in [0.4, 0.5) is 4.39 Å². The van der Waals surface area contributed by atoms with E-state index in [0.29, 0.717) is 17.9 Å². The van der Waals surface area contributed by atoms with Crippen molar-refractivity contribution < 1.29 is 13.7 Å². The summed E-state index contributed by atoms with van der Waals surface area (Å²) in [7, 11) is 0. The predicted molar refractivity (Wildman–Crippen MR) is 55.6 cm³/mol. The van der Waals surface area contributed by atoms with Gasteiger partial charge in [-0.05, 0) is 24.3 Å². The normalized spacial score (nSPS) is 10.3. The van der Waals surface area contributed by atoms with Crippen LogP contribution in [0.1, 0.15) is 16.5 Å². The largest absolute Gasteiger partial charge is 0.331 e. The quantitative estimate of drug-likeness (QED) is 0.604. The Morgan fingerprint density at radius 2 is 2.12 bits per heavy atom. The van der Waals surface area contributed by atoms with Crippen LogP contribution in [0.3, 0.4) is 0 Å². The van der Waals surface area contributed by atoms with Crippen LogP contribution in [0.5, 0.6) is 0 Å². The third kappa shape index (κ3) is 2.66. The van der Waals surface area contributed by atoms with E-state index in [4.69, 9.17) is 0 Å². The molecule has 0 aliphatic rings. The van der Waals surface area contributed by atoms with Crippen molar-refractivity contribution in [3.63, 3.8) is 0 Å². The van der Waals surface area contributed by atoms with Crippen molar-refractivity contribution in [1.29, 1.82) is 0 Å². The lowest BCUT2D eigenvalue weighted by Crippen LogP contribution is -1.85. The molecule has 0 aliphatic heterocycles. The van der Waals surface area contributed by atoms with Crippen molar-refractivity contribution >= 4 is 18.0 Å². The van der Waals surface area contributed by atoms with Gasteiger partial charge in [-0.15, -0.1) is 11.8 Å². The van der Waals surface area contributed by atoms with E-state index in [-0.39, 0.29) is 11.7 Å². The number of hydrogen-bond acceptors (Lipinski definition) is 5. The third-order valence-electron chi connectivity index (χ3n) is 1.77. The molecule has 16 heavy (non-hydrogen) atoms. The number of halogens is 1. The summed E-state index contributed by atoms with van der Waals surface area (Å²) in [5, 5.41) is 3.61. The lowest BCUT2D eigenvalue weighted by atomic mass is 10.4. The zero-order valence-corrected chi connectivity index (χ0v) is 8.91. The van der Waals surface area contributed by atoms with Crippen molar-refractivity contribution in [2.24, 2.45) is 0 Å². The van der Waals surface area contributed by atoms with Gasteiger partial charge in [0, 0.05) is 4.90 Å². The van der Waals surface area contributed by atoms with E-state index in [1.54, 1.807) is 12.1 Å². The lowest BCUT2D eigenvalue weighted by Gasteiger charge is -1.97. The van der Waals surface area contributed by atoms with E-state index in [1.807, 2.05) is 0 Å². The lowest BCUT2D eigenvalue weighted by molar-refractivity contribution is 0.108. The molecule has 0 N–H and O–H groups in total. The van der Waals surface area contributed by atoms with Gasteiger partial charge in [-0.25, -0.2) is 4.39 Å². The summed E-state index contributed by atoms with van der Waals surface area (Å²) in [6.45, 7) is 0. The number of rotatable bonds is 4. The molecule has 0 saturated carbocycles. The van der Waals surface area contributed by atoms with Gasteiger partial charge in [-0.2, -0.15) is 4.98 Å². The number of aromatic nitrogens is 2. The van der Waals surface area contributed by atoms with Gasteiger partial charge in [0.15, 0.2) is 5.82 Å². The number of nitrogens with zero attached hydrogens (tertiary/aromatic N) is 2. The van der Waals surface area contributed by atoms with Crippen molar-refractivity contribution in [1.82, 2.24) is 10.1 Å². The van der Waals surface area contributed by atoms with Gasteiger partial charge in [-0.3, -0.25) is 4.79 Å². The number of benzene rings is 1. The number of carbonyl (C=O) groups excluding carboxylic acids is 1. The highest BCUT2D eigenvalue weighted by molar-refractivity contribution is 7.98. The van der Waals surface area contributed by atoms with Gasteiger partial charge in [0.05, 0.1) is 5.75 Å². The van der Waals surface area contributed by atoms with Crippen molar-refractivity contribution in [2.75, 3.05) is 0 Å². The minimum atomic E-state index is -0.271. The highest BCUT2D eigenvalue weighted by Crippen LogP contribution is 2.21. The van der Waals surface area contributed by atoms with E-state index in [2.05, 4.69) is 14.7 Å². The van der Waals surface area contributed by atoms with Crippen LogP contribution in [0.15, 0.2) is 33.7 Å². The topological polar surface area (TPSA) is 56.0 Å². The van der Waals surface area contributed by atoms with E-state index < -0.39 is 0 Å². The molecule has 0 amide bonds. The van der Waals surface area contributed by atoms with Gasteiger partial charge >= 0.3 is 0 Å². The van der Waals surface area contributed by atoms with Crippen LogP contribution in [-0.2, 0) is 5.75 Å². The molecule has 1 aromatic heterocycles. The Kier molecular flexibility index (Phi) is 3.31. The molecule has 4 nitrogen and oxygen atoms in total. The number of thioether (sulfide) groups is 1. The fourth-order valence-electron chi connectivity index (χ4n) is 1.05. The van der Waals surface area contributed by atoms with Gasteiger partial charge in [-0.1, -0.05) is 5.16 Å². The van der Waals surface area contributed by atoms with Crippen LogP contribution < -0.4 is 0 Å². The first kappa shape index (κ1) is 10.8. The van der Waals surface area contributed by atoms with E-state index in [0.717, 1.165) is 4.90 Å². The molecular weight excluding hydrogens is 231 g/mol. The maximum absolute atomic E-state index is 12.6. The standard InChI is InChI=1S/C10H7FN2O2S/c11-7-1-3-8(4-2-7)16-6-9-12-10(5-14)15-13-9/h1-5H,6H2. The summed E-state index contributed by atoms with van der Waals surface area (Å²) in [5.41, 5.74) is 0. The Morgan fingerprint density at radius 1 is 1.38 bits per heavy atom. The SMILES string of the molecule is O=Cc1nc(CSc2ccc(F)cc2)no1. The van der Waals surface area contributed by atoms with Crippen molar-refractivity contribution in [3.05, 3.63) is 41.8 Å². The Bertz CT molecular complexity index is 484. The molecule has 2 rings (SSSR count). The smallest absolute Gasteiger partial charge is 0.290 e. The molecule has 1 aromatic carbocycles. The number of hydrogen-bond donors (Lipinski definition) is 0. The Morgan fingerprint density at radius 3 is 2.75 bits per heavy atom. The van der Waals surface area contributed by atoms with Gasteiger partial charge < -0.3 is 4.52 Å². The zero-order chi connectivity index (χ0) is 11.4. The molecule has 0 unspecified atom stereocenters. The molecule has 0 spiro atoms. The second kappa shape index (κ2) is 4.89. The Hall–Kier alpha value is -1.69. The third-order valence-corrected chi connectivity index (χ3v) is 2.77. The van der Waals surface area contributed by atoms with Crippen molar-refractivity contribution in [2.45, 2.75) is 10.6 Å². The Balaban J connectivity index is 1.96. The molecule has 6 heteroatoms. The number of aldehydes is 1. The van der Waals surface area contributed by atoms with Crippen LogP contribution >= 0.6 is 11.8 Å². The molecule has 0 radical (unpaired) electrons.